The molecule has 0 bridgehead atoms. The van der Waals surface area contributed by atoms with E-state index in [0.29, 0.717) is 5.70 Å². The number of carbonyl (C=O) groups is 1. The molecular formula is C18H18N4O5S. The molecule has 146 valence electrons. The van der Waals surface area contributed by atoms with Crippen molar-refractivity contribution in [1.82, 2.24) is 9.97 Å². The lowest BCUT2D eigenvalue weighted by molar-refractivity contribution is -0.385. The second kappa shape index (κ2) is 7.39. The number of para-hydroxylation sites is 1. The molecule has 3 N–H and O–H groups in total. The minimum absolute atomic E-state index is 0.0959. The summed E-state index contributed by atoms with van der Waals surface area (Å²) in [5.41, 5.74) is 0.135. The molecule has 1 aliphatic rings. The van der Waals surface area contributed by atoms with Crippen LogP contribution in [0.4, 0.5) is 11.5 Å². The first-order chi connectivity index (χ1) is 13.2. The van der Waals surface area contributed by atoms with Gasteiger partial charge >= 0.3 is 5.97 Å². The Morgan fingerprint density at radius 2 is 1.96 bits per heavy atom. The van der Waals surface area contributed by atoms with E-state index >= 15 is 0 Å². The van der Waals surface area contributed by atoms with Crippen molar-refractivity contribution in [2.24, 2.45) is 0 Å². The van der Waals surface area contributed by atoms with Crippen LogP contribution in [0.2, 0.25) is 0 Å². The van der Waals surface area contributed by atoms with Crippen LogP contribution >= 0.6 is 12.2 Å². The zero-order chi connectivity index (χ0) is 20.6. The minimum Gasteiger partial charge on any atom is -0.460 e. The molecule has 0 saturated heterocycles. The van der Waals surface area contributed by atoms with E-state index < -0.39 is 28.5 Å². The Bertz CT molecular complexity index is 1120. The summed E-state index contributed by atoms with van der Waals surface area (Å²) < 4.78 is 5.44. The van der Waals surface area contributed by atoms with Crippen LogP contribution in [0.25, 0.3) is 0 Å². The number of nitro groups is 1. The number of H-pyrrole nitrogens is 2. The number of fused-ring (bicyclic) bond motifs is 1. The molecule has 2 aromatic rings. The van der Waals surface area contributed by atoms with Crippen molar-refractivity contribution in [2.45, 2.75) is 32.8 Å². The van der Waals surface area contributed by atoms with Crippen LogP contribution < -0.4 is 10.9 Å². The summed E-state index contributed by atoms with van der Waals surface area (Å²) in [5, 5.41) is 14.6. The molecule has 0 spiro atoms. The monoisotopic (exact) mass is 402 g/mol. The van der Waals surface area contributed by atoms with Gasteiger partial charge in [0.25, 0.3) is 11.2 Å². The molecule has 0 amide bonds. The van der Waals surface area contributed by atoms with Gasteiger partial charge in [0.1, 0.15) is 5.82 Å². The summed E-state index contributed by atoms with van der Waals surface area (Å²) in [6, 6.07) is 5.99. The Kier molecular flexibility index (Phi) is 5.14. The molecule has 0 radical (unpaired) electrons. The SMILES string of the molecule is CC1=C(C(=O)OC(C)C)[C@H](c2ccccc2[N+](=O)[O-])c2c([nH]c(=S)[nH]c2=O)N1. The Labute approximate surface area is 164 Å². The predicted molar refractivity (Wildman–Crippen MR) is 105 cm³/mol. The third kappa shape index (κ3) is 3.46. The molecule has 1 atom stereocenters. The number of allylic oxidation sites excluding steroid dienone is 1. The van der Waals surface area contributed by atoms with Gasteiger partial charge in [0, 0.05) is 17.3 Å². The van der Waals surface area contributed by atoms with E-state index in [2.05, 4.69) is 15.3 Å². The number of aromatic nitrogens is 2. The standard InChI is InChI=1S/C18H18N4O5S/c1-8(2)27-17(24)12-9(3)19-15-14(16(23)21-18(28)20-15)13(12)10-6-4-5-7-11(10)22(25)26/h4-8,13H,1-3H3,(H3,19,20,21,23,28)/t13-/m0/s1. The number of carbonyl (C=O) groups excluding carboxylic acids is 1. The van der Waals surface area contributed by atoms with Gasteiger partial charge in [-0.05, 0) is 33.0 Å². The highest BCUT2D eigenvalue weighted by molar-refractivity contribution is 7.71. The second-order valence-corrected chi connectivity index (χ2v) is 6.97. The van der Waals surface area contributed by atoms with Crippen molar-refractivity contribution in [3.05, 3.63) is 71.9 Å². The van der Waals surface area contributed by atoms with E-state index in [-0.39, 0.29) is 33.0 Å². The quantitative estimate of drug-likeness (QED) is 0.310. The van der Waals surface area contributed by atoms with Crippen LogP contribution in [0.5, 0.6) is 0 Å². The smallest absolute Gasteiger partial charge is 0.337 e. The first-order valence-corrected chi connectivity index (χ1v) is 8.90. The maximum Gasteiger partial charge on any atom is 0.337 e. The van der Waals surface area contributed by atoms with Crippen molar-refractivity contribution in [3.8, 4) is 0 Å². The molecular weight excluding hydrogens is 384 g/mol. The fraction of sp³-hybridized carbons (Fsp3) is 0.278. The van der Waals surface area contributed by atoms with Gasteiger partial charge in [0.05, 0.1) is 28.1 Å². The molecule has 0 saturated carbocycles. The lowest BCUT2D eigenvalue weighted by Crippen LogP contribution is -2.32. The molecule has 0 fully saturated rings. The molecule has 9 nitrogen and oxygen atoms in total. The number of hydrogen-bond acceptors (Lipinski definition) is 7. The third-order valence-corrected chi connectivity index (χ3v) is 4.48. The largest absolute Gasteiger partial charge is 0.460 e. The summed E-state index contributed by atoms with van der Waals surface area (Å²) in [7, 11) is 0. The van der Waals surface area contributed by atoms with Gasteiger partial charge in [-0.2, -0.15) is 0 Å². The maximum atomic E-state index is 12.8. The lowest BCUT2D eigenvalue weighted by Gasteiger charge is -2.29. The number of esters is 1. The maximum absolute atomic E-state index is 12.8. The molecule has 0 unspecified atom stereocenters. The minimum atomic E-state index is -1.00. The van der Waals surface area contributed by atoms with E-state index in [1.165, 1.54) is 18.2 Å². The zero-order valence-corrected chi connectivity index (χ0v) is 16.2. The normalized spacial score (nSPS) is 15.8. The topological polar surface area (TPSA) is 130 Å². The molecule has 28 heavy (non-hydrogen) atoms. The number of nitrogens with one attached hydrogen (secondary N) is 3. The van der Waals surface area contributed by atoms with Gasteiger partial charge in [0.2, 0.25) is 0 Å². The Morgan fingerprint density at radius 1 is 1.29 bits per heavy atom. The Morgan fingerprint density at radius 3 is 2.61 bits per heavy atom. The number of aromatic amines is 2. The van der Waals surface area contributed by atoms with Crippen molar-refractivity contribution < 1.29 is 14.5 Å². The average molecular weight is 402 g/mol. The zero-order valence-electron chi connectivity index (χ0n) is 15.4. The molecule has 3 rings (SSSR count). The van der Waals surface area contributed by atoms with Crippen molar-refractivity contribution >= 4 is 29.7 Å². The highest BCUT2D eigenvalue weighted by Gasteiger charge is 2.39. The predicted octanol–water partition coefficient (Wildman–Crippen LogP) is 3.12. The van der Waals surface area contributed by atoms with Gasteiger partial charge in [-0.3, -0.25) is 19.9 Å². The fourth-order valence-corrected chi connectivity index (χ4v) is 3.44. The average Bonchev–Trinajstić information content (AvgIpc) is 2.59. The van der Waals surface area contributed by atoms with Crippen LogP contribution in [0.1, 0.15) is 37.8 Å². The Balaban J connectivity index is 2.34. The van der Waals surface area contributed by atoms with Crippen molar-refractivity contribution in [3.63, 3.8) is 0 Å². The fourth-order valence-electron chi connectivity index (χ4n) is 3.24. The second-order valence-electron chi connectivity index (χ2n) is 6.56. The summed E-state index contributed by atoms with van der Waals surface area (Å²) in [6.45, 7) is 5.03. The lowest BCUT2D eigenvalue weighted by atomic mass is 9.81. The van der Waals surface area contributed by atoms with Crippen molar-refractivity contribution in [2.75, 3.05) is 5.32 Å². The summed E-state index contributed by atoms with van der Waals surface area (Å²) in [6.07, 6.45) is -0.402. The first kappa shape index (κ1) is 19.5. The summed E-state index contributed by atoms with van der Waals surface area (Å²) >= 11 is 5.02. The third-order valence-electron chi connectivity index (χ3n) is 4.28. The van der Waals surface area contributed by atoms with E-state index in [9.17, 15) is 19.7 Å². The molecule has 1 aromatic carbocycles. The Hall–Kier alpha value is -3.27. The molecule has 0 aliphatic carbocycles. The number of benzene rings is 1. The van der Waals surface area contributed by atoms with Crippen LogP contribution in [-0.2, 0) is 9.53 Å². The van der Waals surface area contributed by atoms with Crippen LogP contribution in [0.15, 0.2) is 40.3 Å². The number of nitrogens with zero attached hydrogens (tertiary/aromatic N) is 1. The number of anilines is 1. The number of ether oxygens (including phenoxy) is 1. The summed E-state index contributed by atoms with van der Waals surface area (Å²) in [5.74, 6) is -1.37. The van der Waals surface area contributed by atoms with Gasteiger partial charge in [0.15, 0.2) is 4.77 Å². The van der Waals surface area contributed by atoms with E-state index in [1.807, 2.05) is 0 Å². The van der Waals surface area contributed by atoms with Crippen LogP contribution in [0, 0.1) is 14.9 Å². The molecule has 1 aliphatic heterocycles. The van der Waals surface area contributed by atoms with E-state index in [1.54, 1.807) is 26.8 Å². The molecule has 10 heteroatoms. The van der Waals surface area contributed by atoms with E-state index in [0.717, 1.165) is 0 Å². The molecule has 1 aromatic heterocycles. The molecule has 2 heterocycles. The van der Waals surface area contributed by atoms with Crippen LogP contribution in [0.3, 0.4) is 0 Å². The first-order valence-electron chi connectivity index (χ1n) is 8.49. The van der Waals surface area contributed by atoms with Crippen LogP contribution in [-0.4, -0.2) is 27.0 Å². The number of rotatable bonds is 4. The van der Waals surface area contributed by atoms with Crippen molar-refractivity contribution in [1.29, 1.82) is 0 Å². The van der Waals surface area contributed by atoms with Gasteiger partial charge in [-0.15, -0.1) is 0 Å². The highest BCUT2D eigenvalue weighted by Crippen LogP contribution is 2.42. The van der Waals surface area contributed by atoms with Gasteiger partial charge < -0.3 is 15.0 Å². The summed E-state index contributed by atoms with van der Waals surface area (Å²) in [4.78, 5) is 41.9. The number of nitro benzene ring substituents is 1. The van der Waals surface area contributed by atoms with Gasteiger partial charge in [-0.25, -0.2) is 4.79 Å². The highest BCUT2D eigenvalue weighted by atomic mass is 32.1. The van der Waals surface area contributed by atoms with E-state index in [4.69, 9.17) is 17.0 Å². The number of hydrogen-bond donors (Lipinski definition) is 3. The van der Waals surface area contributed by atoms with Gasteiger partial charge in [-0.1, -0.05) is 18.2 Å².